The van der Waals surface area contributed by atoms with Gasteiger partial charge < -0.3 is 5.11 Å². The Bertz CT molecular complexity index is 268. The second-order valence-corrected chi connectivity index (χ2v) is 4.98. The average molecular weight is 197 g/mol. The molecule has 0 spiro atoms. The lowest BCUT2D eigenvalue weighted by Gasteiger charge is -2.36. The molecule has 72 valence electrons. The van der Waals surface area contributed by atoms with Crippen LogP contribution in [0.1, 0.15) is 43.4 Å². The summed E-state index contributed by atoms with van der Waals surface area (Å²) in [5, 5.41) is 10.2. The van der Waals surface area contributed by atoms with Crippen molar-refractivity contribution in [2.24, 2.45) is 0 Å². The van der Waals surface area contributed by atoms with Gasteiger partial charge in [0.05, 0.1) is 11.1 Å². The highest BCUT2D eigenvalue weighted by Crippen LogP contribution is 2.41. The molecule has 0 aromatic carbocycles. The second-order valence-electron chi connectivity index (χ2n) is 4.06. The number of aliphatic hydroxyl groups is 1. The fourth-order valence-corrected chi connectivity index (χ4v) is 3.06. The Kier molecular flexibility index (Phi) is 2.39. The van der Waals surface area contributed by atoms with Gasteiger partial charge in [-0.1, -0.05) is 12.8 Å². The smallest absolute Gasteiger partial charge is 0.0794 e. The molecule has 0 radical (unpaired) electrons. The number of rotatable bonds is 1. The molecule has 1 fully saturated rings. The van der Waals surface area contributed by atoms with Crippen LogP contribution in [0.5, 0.6) is 0 Å². The average Bonchev–Trinajstić information content (AvgIpc) is 2.55. The molecule has 1 aliphatic rings. The van der Waals surface area contributed by atoms with Gasteiger partial charge in [-0.05, 0) is 19.8 Å². The van der Waals surface area contributed by atoms with E-state index in [0.29, 0.717) is 5.92 Å². The molecule has 0 bridgehead atoms. The van der Waals surface area contributed by atoms with Crippen molar-refractivity contribution >= 4 is 11.3 Å². The van der Waals surface area contributed by atoms with Crippen molar-refractivity contribution < 1.29 is 5.11 Å². The number of aromatic nitrogens is 1. The highest BCUT2D eigenvalue weighted by atomic mass is 32.1. The highest BCUT2D eigenvalue weighted by Gasteiger charge is 2.36. The van der Waals surface area contributed by atoms with Gasteiger partial charge in [-0.2, -0.15) is 0 Å². The van der Waals surface area contributed by atoms with E-state index >= 15 is 0 Å². The molecule has 3 heteroatoms. The van der Waals surface area contributed by atoms with E-state index in [4.69, 9.17) is 0 Å². The Morgan fingerprint density at radius 1 is 1.62 bits per heavy atom. The number of hydrogen-bond acceptors (Lipinski definition) is 3. The number of thiazole rings is 1. The highest BCUT2D eigenvalue weighted by molar-refractivity contribution is 7.09. The molecule has 0 amide bonds. The molecule has 1 heterocycles. The third-order valence-corrected chi connectivity index (χ3v) is 3.86. The van der Waals surface area contributed by atoms with E-state index in [0.717, 1.165) is 19.3 Å². The zero-order valence-corrected chi connectivity index (χ0v) is 8.68. The van der Waals surface area contributed by atoms with Crippen molar-refractivity contribution in [2.75, 3.05) is 0 Å². The minimum atomic E-state index is -0.509. The van der Waals surface area contributed by atoms with E-state index in [2.05, 4.69) is 4.98 Å². The molecule has 1 aromatic heterocycles. The molecule has 1 aromatic rings. The van der Waals surface area contributed by atoms with E-state index in [-0.39, 0.29) is 0 Å². The van der Waals surface area contributed by atoms with E-state index in [1.165, 1.54) is 11.3 Å². The van der Waals surface area contributed by atoms with E-state index in [1.54, 1.807) is 11.3 Å². The monoisotopic (exact) mass is 197 g/mol. The first-order valence-electron chi connectivity index (χ1n) is 4.81. The van der Waals surface area contributed by atoms with Gasteiger partial charge >= 0.3 is 0 Å². The van der Waals surface area contributed by atoms with Crippen LogP contribution in [0.15, 0.2) is 11.7 Å². The van der Waals surface area contributed by atoms with E-state index < -0.39 is 5.60 Å². The van der Waals surface area contributed by atoms with Crippen LogP contribution in [-0.4, -0.2) is 15.7 Å². The molecular formula is C10H15NOS. The van der Waals surface area contributed by atoms with Gasteiger partial charge in [0.2, 0.25) is 0 Å². The van der Waals surface area contributed by atoms with Gasteiger partial charge in [0.1, 0.15) is 0 Å². The van der Waals surface area contributed by atoms with Gasteiger partial charge in [-0.15, -0.1) is 11.3 Å². The summed E-state index contributed by atoms with van der Waals surface area (Å²) in [6.07, 6.45) is 6.32. The zero-order valence-electron chi connectivity index (χ0n) is 7.86. The Hall–Kier alpha value is -0.410. The third kappa shape index (κ3) is 1.76. The summed E-state index contributed by atoms with van der Waals surface area (Å²) < 4.78 is 0. The maximum atomic E-state index is 10.2. The standard InChI is InChI=1S/C10H15NOS/c1-10(12)5-3-2-4-8(10)9-6-11-7-13-9/h6-8,12H,2-5H2,1H3/t8-,10+/m0/s1. The quantitative estimate of drug-likeness (QED) is 0.750. The molecular weight excluding hydrogens is 182 g/mol. The molecule has 1 N–H and O–H groups in total. The predicted molar refractivity (Wildman–Crippen MR) is 53.9 cm³/mol. The van der Waals surface area contributed by atoms with Gasteiger partial charge in [0.25, 0.3) is 0 Å². The van der Waals surface area contributed by atoms with Crippen molar-refractivity contribution in [3.05, 3.63) is 16.6 Å². The summed E-state index contributed by atoms with van der Waals surface area (Å²) in [4.78, 5) is 5.31. The van der Waals surface area contributed by atoms with Crippen molar-refractivity contribution in [1.29, 1.82) is 0 Å². The lowest BCUT2D eigenvalue weighted by atomic mass is 9.76. The SMILES string of the molecule is C[C@@]1(O)CCCC[C@H]1c1cncs1. The van der Waals surface area contributed by atoms with Gasteiger partial charge in [-0.3, -0.25) is 4.98 Å². The van der Waals surface area contributed by atoms with Crippen LogP contribution in [0.3, 0.4) is 0 Å². The van der Waals surface area contributed by atoms with Crippen LogP contribution >= 0.6 is 11.3 Å². The minimum Gasteiger partial charge on any atom is -0.390 e. The lowest BCUT2D eigenvalue weighted by molar-refractivity contribution is 0.00172. The molecule has 1 saturated carbocycles. The normalized spacial score (nSPS) is 34.8. The zero-order chi connectivity index (χ0) is 9.31. The first-order chi connectivity index (χ1) is 6.20. The maximum Gasteiger partial charge on any atom is 0.0794 e. The minimum absolute atomic E-state index is 0.314. The number of nitrogens with zero attached hydrogens (tertiary/aromatic N) is 1. The van der Waals surface area contributed by atoms with Crippen LogP contribution in [0.4, 0.5) is 0 Å². The summed E-state index contributed by atoms with van der Waals surface area (Å²) in [7, 11) is 0. The first-order valence-corrected chi connectivity index (χ1v) is 5.69. The molecule has 0 unspecified atom stereocenters. The van der Waals surface area contributed by atoms with Crippen LogP contribution in [0.2, 0.25) is 0 Å². The predicted octanol–water partition coefficient (Wildman–Crippen LogP) is 2.55. The van der Waals surface area contributed by atoms with Crippen LogP contribution < -0.4 is 0 Å². The molecule has 0 saturated heterocycles. The molecule has 13 heavy (non-hydrogen) atoms. The van der Waals surface area contributed by atoms with E-state index in [1.807, 2.05) is 18.6 Å². The van der Waals surface area contributed by atoms with Gasteiger partial charge in [0.15, 0.2) is 0 Å². The third-order valence-electron chi connectivity index (χ3n) is 2.97. The summed E-state index contributed by atoms with van der Waals surface area (Å²) in [6, 6.07) is 0. The molecule has 2 atom stereocenters. The summed E-state index contributed by atoms with van der Waals surface area (Å²) in [6.45, 7) is 1.95. The molecule has 0 aliphatic heterocycles. The topological polar surface area (TPSA) is 33.1 Å². The van der Waals surface area contributed by atoms with Gasteiger partial charge in [-0.25, -0.2) is 0 Å². The summed E-state index contributed by atoms with van der Waals surface area (Å²) in [5.41, 5.74) is 1.34. The molecule has 2 nitrogen and oxygen atoms in total. The van der Waals surface area contributed by atoms with Crippen molar-refractivity contribution in [2.45, 2.75) is 44.1 Å². The Morgan fingerprint density at radius 3 is 3.08 bits per heavy atom. The maximum absolute atomic E-state index is 10.2. The van der Waals surface area contributed by atoms with E-state index in [9.17, 15) is 5.11 Å². The van der Waals surface area contributed by atoms with Crippen LogP contribution in [0.25, 0.3) is 0 Å². The number of hydrogen-bond donors (Lipinski definition) is 1. The lowest BCUT2D eigenvalue weighted by Crippen LogP contribution is -2.35. The van der Waals surface area contributed by atoms with Crippen LogP contribution in [0, 0.1) is 0 Å². The van der Waals surface area contributed by atoms with Crippen molar-refractivity contribution in [1.82, 2.24) is 4.98 Å². The summed E-state index contributed by atoms with van der Waals surface area (Å²) >= 11 is 1.66. The Morgan fingerprint density at radius 2 is 2.46 bits per heavy atom. The Labute approximate surface area is 82.6 Å². The second kappa shape index (κ2) is 3.39. The fraction of sp³-hybridized carbons (Fsp3) is 0.700. The van der Waals surface area contributed by atoms with Crippen LogP contribution in [-0.2, 0) is 0 Å². The largest absolute Gasteiger partial charge is 0.390 e. The first kappa shape index (κ1) is 9.16. The fourth-order valence-electron chi connectivity index (χ4n) is 2.16. The van der Waals surface area contributed by atoms with Crippen molar-refractivity contribution in [3.8, 4) is 0 Å². The Balaban J connectivity index is 2.21. The van der Waals surface area contributed by atoms with Gasteiger partial charge in [0, 0.05) is 17.0 Å². The molecule has 2 rings (SSSR count). The summed E-state index contributed by atoms with van der Waals surface area (Å²) in [5.74, 6) is 0.314. The molecule has 1 aliphatic carbocycles. The van der Waals surface area contributed by atoms with Crippen molar-refractivity contribution in [3.63, 3.8) is 0 Å².